The Morgan fingerprint density at radius 3 is 2.36 bits per heavy atom. The summed E-state index contributed by atoms with van der Waals surface area (Å²) in [6.07, 6.45) is 0.197. The quantitative estimate of drug-likeness (QED) is 0.650. The Hall–Kier alpha value is -1.50. The van der Waals surface area contributed by atoms with Gasteiger partial charge in [-0.05, 0) is 31.0 Å². The van der Waals surface area contributed by atoms with Gasteiger partial charge >= 0.3 is 6.09 Å². The second-order valence-corrected chi connectivity index (χ2v) is 5.95. The SMILES string of the molecule is CCOC(=O)N1CCN(CC(O)COc2ccc(CC)cc2)CC1.[Cl-]. The number of carbonyl (C=O) groups excluding carboxylic acids is 1. The highest BCUT2D eigenvalue weighted by Gasteiger charge is 2.23. The Balaban J connectivity index is 0.00000312. The standard InChI is InChI=1S/C18H28N2O4.ClH/c1-3-15-5-7-17(8-6-15)24-14-16(21)13-19-9-11-20(12-10-19)18(22)23-4-2;/h5-8,16,21H,3-4,9-14H2,1-2H3;1H/p-1. The second-order valence-electron chi connectivity index (χ2n) is 5.95. The van der Waals surface area contributed by atoms with E-state index in [4.69, 9.17) is 9.47 Å². The zero-order valence-corrected chi connectivity index (χ0v) is 15.7. The van der Waals surface area contributed by atoms with Crippen LogP contribution in [0.3, 0.4) is 0 Å². The number of carbonyl (C=O) groups is 1. The largest absolute Gasteiger partial charge is 1.00 e. The van der Waals surface area contributed by atoms with Crippen molar-refractivity contribution in [2.24, 2.45) is 0 Å². The molecule has 1 saturated heterocycles. The number of aliphatic hydroxyl groups is 1. The van der Waals surface area contributed by atoms with E-state index in [1.54, 1.807) is 11.8 Å². The van der Waals surface area contributed by atoms with Gasteiger partial charge in [0.25, 0.3) is 0 Å². The number of halogens is 1. The molecule has 1 fully saturated rings. The predicted octanol–water partition coefficient (Wildman–Crippen LogP) is -1.23. The summed E-state index contributed by atoms with van der Waals surface area (Å²) < 4.78 is 10.6. The third-order valence-electron chi connectivity index (χ3n) is 4.14. The smallest absolute Gasteiger partial charge is 0.409 e. The number of amides is 1. The first-order valence-electron chi connectivity index (χ1n) is 8.66. The molecule has 0 aromatic heterocycles. The average Bonchev–Trinajstić information content (AvgIpc) is 2.61. The minimum absolute atomic E-state index is 0. The third kappa shape index (κ3) is 7.10. The molecule has 6 nitrogen and oxygen atoms in total. The van der Waals surface area contributed by atoms with Crippen LogP contribution in [0.4, 0.5) is 4.79 Å². The van der Waals surface area contributed by atoms with Gasteiger partial charge in [0.05, 0.1) is 6.61 Å². The summed E-state index contributed by atoms with van der Waals surface area (Å²) in [6, 6.07) is 7.94. The van der Waals surface area contributed by atoms with Crippen LogP contribution in [0.1, 0.15) is 19.4 Å². The average molecular weight is 372 g/mol. The van der Waals surface area contributed by atoms with Crippen molar-refractivity contribution in [2.45, 2.75) is 26.4 Å². The number of piperazine rings is 1. The Kier molecular flexibility index (Phi) is 9.63. The molecule has 1 aliphatic rings. The van der Waals surface area contributed by atoms with Gasteiger partial charge < -0.3 is 31.9 Å². The summed E-state index contributed by atoms with van der Waals surface area (Å²) >= 11 is 0. The van der Waals surface area contributed by atoms with E-state index in [0.29, 0.717) is 26.2 Å². The molecule has 25 heavy (non-hydrogen) atoms. The van der Waals surface area contributed by atoms with Crippen LogP contribution in [0.25, 0.3) is 0 Å². The molecule has 1 aromatic carbocycles. The highest BCUT2D eigenvalue weighted by molar-refractivity contribution is 5.67. The maximum absolute atomic E-state index is 11.6. The fourth-order valence-corrected chi connectivity index (χ4v) is 2.69. The number of ether oxygens (including phenoxy) is 2. The molecule has 142 valence electrons. The fourth-order valence-electron chi connectivity index (χ4n) is 2.69. The molecule has 1 aliphatic heterocycles. The number of hydrogen-bond acceptors (Lipinski definition) is 5. The van der Waals surface area contributed by atoms with E-state index in [9.17, 15) is 9.90 Å². The predicted molar refractivity (Wildman–Crippen MR) is 92.4 cm³/mol. The third-order valence-corrected chi connectivity index (χ3v) is 4.14. The minimum atomic E-state index is -0.551. The maximum atomic E-state index is 11.6. The zero-order chi connectivity index (χ0) is 17.4. The molecular formula is C18H28ClN2O4-. The van der Waals surface area contributed by atoms with E-state index >= 15 is 0 Å². The van der Waals surface area contributed by atoms with Crippen LogP contribution in [0.15, 0.2) is 24.3 Å². The summed E-state index contributed by atoms with van der Waals surface area (Å²) in [5.74, 6) is 0.776. The molecule has 0 spiro atoms. The molecule has 1 unspecified atom stereocenters. The molecular weight excluding hydrogens is 344 g/mol. The number of aryl methyl sites for hydroxylation is 1. The molecule has 0 radical (unpaired) electrons. The van der Waals surface area contributed by atoms with E-state index in [1.165, 1.54) is 5.56 Å². The first kappa shape index (κ1) is 21.5. The summed E-state index contributed by atoms with van der Waals surface area (Å²) in [5, 5.41) is 10.2. The van der Waals surface area contributed by atoms with Gasteiger partial charge in [0.1, 0.15) is 18.5 Å². The van der Waals surface area contributed by atoms with Crippen LogP contribution >= 0.6 is 0 Å². The van der Waals surface area contributed by atoms with E-state index in [-0.39, 0.29) is 25.1 Å². The van der Waals surface area contributed by atoms with Crippen molar-refractivity contribution < 1.29 is 31.8 Å². The van der Waals surface area contributed by atoms with Crippen LogP contribution in [0.2, 0.25) is 0 Å². The van der Waals surface area contributed by atoms with Crippen molar-refractivity contribution in [1.29, 1.82) is 0 Å². The molecule has 1 aromatic rings. The van der Waals surface area contributed by atoms with Gasteiger partial charge in [-0.1, -0.05) is 19.1 Å². The van der Waals surface area contributed by atoms with Crippen molar-refractivity contribution in [2.75, 3.05) is 45.9 Å². The van der Waals surface area contributed by atoms with E-state index in [2.05, 4.69) is 11.8 Å². The van der Waals surface area contributed by atoms with Crippen molar-refractivity contribution in [1.82, 2.24) is 9.80 Å². The maximum Gasteiger partial charge on any atom is 0.409 e. The molecule has 2 rings (SSSR count). The van der Waals surface area contributed by atoms with Crippen LogP contribution in [0, 0.1) is 0 Å². The Morgan fingerprint density at radius 1 is 1.16 bits per heavy atom. The Labute approximate surface area is 156 Å². The summed E-state index contributed by atoms with van der Waals surface area (Å²) in [4.78, 5) is 15.5. The van der Waals surface area contributed by atoms with Gasteiger partial charge in [-0.2, -0.15) is 0 Å². The first-order chi connectivity index (χ1) is 11.6. The summed E-state index contributed by atoms with van der Waals surface area (Å²) in [7, 11) is 0. The molecule has 1 heterocycles. The summed E-state index contributed by atoms with van der Waals surface area (Å²) in [6.45, 7) is 7.86. The molecule has 1 N–H and O–H groups in total. The van der Waals surface area contributed by atoms with Gasteiger partial charge in [0.15, 0.2) is 0 Å². The van der Waals surface area contributed by atoms with Crippen molar-refractivity contribution in [3.05, 3.63) is 29.8 Å². The molecule has 0 bridgehead atoms. The van der Waals surface area contributed by atoms with E-state index < -0.39 is 6.10 Å². The van der Waals surface area contributed by atoms with Crippen LogP contribution in [0.5, 0.6) is 5.75 Å². The number of hydrogen-bond donors (Lipinski definition) is 1. The minimum Gasteiger partial charge on any atom is -1.00 e. The van der Waals surface area contributed by atoms with Crippen LogP contribution in [-0.2, 0) is 11.2 Å². The van der Waals surface area contributed by atoms with E-state index in [1.807, 2.05) is 24.3 Å². The molecule has 1 atom stereocenters. The number of rotatable bonds is 7. The summed E-state index contributed by atoms with van der Waals surface area (Å²) in [5.41, 5.74) is 1.27. The van der Waals surface area contributed by atoms with Gasteiger partial charge in [-0.25, -0.2) is 4.79 Å². The molecule has 0 aliphatic carbocycles. The lowest BCUT2D eigenvalue weighted by Crippen LogP contribution is -3.00. The Bertz CT molecular complexity index is 504. The number of benzene rings is 1. The normalized spacial score (nSPS) is 16.0. The van der Waals surface area contributed by atoms with E-state index in [0.717, 1.165) is 25.3 Å². The monoisotopic (exact) mass is 371 g/mol. The molecule has 7 heteroatoms. The van der Waals surface area contributed by atoms with Crippen molar-refractivity contribution in [3.8, 4) is 5.75 Å². The number of aliphatic hydroxyl groups excluding tert-OH is 1. The van der Waals surface area contributed by atoms with Crippen LogP contribution < -0.4 is 17.1 Å². The van der Waals surface area contributed by atoms with Crippen LogP contribution in [-0.4, -0.2) is 73.0 Å². The molecule has 1 amide bonds. The fraction of sp³-hybridized carbons (Fsp3) is 0.611. The van der Waals surface area contributed by atoms with Gasteiger partial charge in [-0.15, -0.1) is 0 Å². The zero-order valence-electron chi connectivity index (χ0n) is 15.0. The lowest BCUT2D eigenvalue weighted by atomic mass is 10.2. The second kappa shape index (κ2) is 11.2. The molecule has 0 saturated carbocycles. The number of nitrogens with zero attached hydrogens (tertiary/aromatic N) is 2. The van der Waals surface area contributed by atoms with Crippen molar-refractivity contribution >= 4 is 6.09 Å². The highest BCUT2D eigenvalue weighted by atomic mass is 35.5. The van der Waals surface area contributed by atoms with Gasteiger partial charge in [0.2, 0.25) is 0 Å². The lowest BCUT2D eigenvalue weighted by Gasteiger charge is -2.34. The van der Waals surface area contributed by atoms with Gasteiger partial charge in [-0.3, -0.25) is 4.90 Å². The Morgan fingerprint density at radius 2 is 1.80 bits per heavy atom. The highest BCUT2D eigenvalue weighted by Crippen LogP contribution is 2.13. The lowest BCUT2D eigenvalue weighted by molar-refractivity contribution is -0.0000192. The van der Waals surface area contributed by atoms with Crippen molar-refractivity contribution in [3.63, 3.8) is 0 Å². The first-order valence-corrected chi connectivity index (χ1v) is 8.66. The van der Waals surface area contributed by atoms with Gasteiger partial charge in [0, 0.05) is 32.7 Å². The number of β-amino-alcohol motifs (C(OH)–C–C–N with tert-alkyl or cyclic N) is 1. The topological polar surface area (TPSA) is 62.2 Å².